The molecule has 2 aliphatic heterocycles. The second-order valence-corrected chi connectivity index (χ2v) is 10.1. The van der Waals surface area contributed by atoms with E-state index in [1.54, 1.807) is 28.2 Å². The molecule has 0 radical (unpaired) electrons. The van der Waals surface area contributed by atoms with E-state index in [0.717, 1.165) is 37.3 Å². The Labute approximate surface area is 170 Å². The lowest BCUT2D eigenvalue weighted by atomic mass is 9.95. The van der Waals surface area contributed by atoms with Gasteiger partial charge in [-0.25, -0.2) is 4.68 Å². The molecular weight excluding hydrogens is 402 g/mol. The molecule has 0 aliphatic carbocycles. The lowest BCUT2D eigenvalue weighted by molar-refractivity contribution is -0.135. The number of amides is 1. The van der Waals surface area contributed by atoms with Crippen LogP contribution in [0.5, 0.6) is 0 Å². The van der Waals surface area contributed by atoms with Gasteiger partial charge in [0.15, 0.2) is 0 Å². The second-order valence-electron chi connectivity index (χ2n) is 7.26. The van der Waals surface area contributed by atoms with Crippen LogP contribution in [0.4, 0.5) is 5.69 Å². The van der Waals surface area contributed by atoms with Crippen molar-refractivity contribution < 1.29 is 13.9 Å². The minimum Gasteiger partial charge on any atom is -0.368 e. The van der Waals surface area contributed by atoms with Gasteiger partial charge in [-0.1, -0.05) is 11.6 Å². The summed E-state index contributed by atoms with van der Waals surface area (Å²) in [7, 11) is -2.48. The fourth-order valence-electron chi connectivity index (χ4n) is 3.82. The number of nitrogens with zero attached hydrogens (tertiary/aromatic N) is 5. The molecule has 0 atom stereocenters. The molecule has 2 fully saturated rings. The third-order valence-electron chi connectivity index (χ3n) is 5.45. The standard InChI is InChI=1S/C18H24ClN5O3S/c19-15-11-21-24(13-15)16-1-4-20-12-17(16)22-5-2-14(3-6-22)18(25)23-7-9-28(26,27)10-8-23/h1,4,11-14,26-27H,2-3,5-10H2. The van der Waals surface area contributed by atoms with Crippen LogP contribution in [-0.4, -0.2) is 72.4 Å². The van der Waals surface area contributed by atoms with E-state index in [4.69, 9.17) is 11.6 Å². The summed E-state index contributed by atoms with van der Waals surface area (Å²) in [6.07, 6.45) is 8.44. The van der Waals surface area contributed by atoms with E-state index >= 15 is 0 Å². The molecule has 10 heteroatoms. The highest BCUT2D eigenvalue weighted by Crippen LogP contribution is 2.40. The van der Waals surface area contributed by atoms with E-state index in [1.165, 1.54) is 0 Å². The van der Waals surface area contributed by atoms with Crippen LogP contribution in [0.25, 0.3) is 5.69 Å². The second kappa shape index (κ2) is 7.90. The van der Waals surface area contributed by atoms with E-state index in [9.17, 15) is 13.9 Å². The lowest BCUT2D eigenvalue weighted by Gasteiger charge is -2.42. The molecule has 152 valence electrons. The number of piperidine rings is 1. The van der Waals surface area contributed by atoms with E-state index < -0.39 is 10.6 Å². The molecule has 0 bridgehead atoms. The molecule has 0 aromatic carbocycles. The summed E-state index contributed by atoms with van der Waals surface area (Å²) in [6, 6.07) is 1.90. The molecule has 8 nitrogen and oxygen atoms in total. The first-order valence-electron chi connectivity index (χ1n) is 9.35. The van der Waals surface area contributed by atoms with Gasteiger partial charge in [-0.15, -0.1) is 0 Å². The molecular formula is C18H24ClN5O3S. The summed E-state index contributed by atoms with van der Waals surface area (Å²) in [5.41, 5.74) is 1.88. The smallest absolute Gasteiger partial charge is 0.225 e. The van der Waals surface area contributed by atoms with Crippen molar-refractivity contribution in [2.45, 2.75) is 12.8 Å². The van der Waals surface area contributed by atoms with Gasteiger partial charge in [0.1, 0.15) is 0 Å². The Morgan fingerprint density at radius 1 is 1.11 bits per heavy atom. The van der Waals surface area contributed by atoms with Crippen molar-refractivity contribution in [3.05, 3.63) is 35.9 Å². The van der Waals surface area contributed by atoms with Crippen LogP contribution in [0.3, 0.4) is 0 Å². The molecule has 2 N–H and O–H groups in total. The molecule has 0 unspecified atom stereocenters. The summed E-state index contributed by atoms with van der Waals surface area (Å²) < 4.78 is 21.2. The van der Waals surface area contributed by atoms with Gasteiger partial charge in [0.05, 0.1) is 40.3 Å². The molecule has 4 heterocycles. The van der Waals surface area contributed by atoms with Crippen LogP contribution >= 0.6 is 22.2 Å². The third kappa shape index (κ3) is 4.12. The number of anilines is 1. The van der Waals surface area contributed by atoms with Crippen molar-refractivity contribution in [3.8, 4) is 5.69 Å². The first kappa shape index (κ1) is 19.5. The van der Waals surface area contributed by atoms with Gasteiger partial charge in [-0.3, -0.25) is 18.9 Å². The summed E-state index contributed by atoms with van der Waals surface area (Å²) >= 11 is 6.01. The van der Waals surface area contributed by atoms with Crippen molar-refractivity contribution in [1.29, 1.82) is 0 Å². The number of hydrogen-bond acceptors (Lipinski definition) is 6. The van der Waals surface area contributed by atoms with Crippen molar-refractivity contribution in [3.63, 3.8) is 0 Å². The quantitative estimate of drug-likeness (QED) is 0.785. The first-order valence-corrected chi connectivity index (χ1v) is 11.6. The first-order chi connectivity index (χ1) is 13.4. The zero-order valence-corrected chi connectivity index (χ0v) is 17.0. The summed E-state index contributed by atoms with van der Waals surface area (Å²) in [5, 5.41) is 4.86. The Kier molecular flexibility index (Phi) is 5.50. The number of carbonyl (C=O) groups is 1. The maximum absolute atomic E-state index is 12.8. The van der Waals surface area contributed by atoms with Gasteiger partial charge in [0.2, 0.25) is 5.91 Å². The minimum atomic E-state index is -2.48. The highest BCUT2D eigenvalue weighted by atomic mass is 35.5. The number of carbonyl (C=O) groups excluding carboxylic acids is 1. The normalized spacial score (nSPS) is 21.5. The van der Waals surface area contributed by atoms with E-state index in [-0.39, 0.29) is 11.8 Å². The fraction of sp³-hybridized carbons (Fsp3) is 0.500. The number of halogens is 1. The molecule has 28 heavy (non-hydrogen) atoms. The van der Waals surface area contributed by atoms with Crippen LogP contribution in [0.1, 0.15) is 12.8 Å². The van der Waals surface area contributed by atoms with Crippen LogP contribution in [0, 0.1) is 5.92 Å². The van der Waals surface area contributed by atoms with Crippen molar-refractivity contribution >= 4 is 33.8 Å². The van der Waals surface area contributed by atoms with Gasteiger partial charge in [-0.2, -0.15) is 15.7 Å². The highest BCUT2D eigenvalue weighted by Gasteiger charge is 2.32. The van der Waals surface area contributed by atoms with Crippen molar-refractivity contribution in [2.24, 2.45) is 5.92 Å². The Morgan fingerprint density at radius 2 is 1.82 bits per heavy atom. The van der Waals surface area contributed by atoms with Gasteiger partial charge in [-0.05, 0) is 18.9 Å². The molecule has 0 saturated carbocycles. The Balaban J connectivity index is 1.41. The Morgan fingerprint density at radius 3 is 2.46 bits per heavy atom. The van der Waals surface area contributed by atoms with Crippen LogP contribution < -0.4 is 4.90 Å². The molecule has 2 aromatic heterocycles. The number of pyridine rings is 1. The van der Waals surface area contributed by atoms with Gasteiger partial charge in [0, 0.05) is 44.5 Å². The predicted octanol–water partition coefficient (Wildman–Crippen LogP) is 2.73. The van der Waals surface area contributed by atoms with E-state index in [1.807, 2.05) is 12.3 Å². The molecule has 1 amide bonds. The van der Waals surface area contributed by atoms with Crippen molar-refractivity contribution in [1.82, 2.24) is 19.7 Å². The molecule has 2 saturated heterocycles. The topological polar surface area (TPSA) is 94.7 Å². The largest absolute Gasteiger partial charge is 0.368 e. The highest BCUT2D eigenvalue weighted by molar-refractivity contribution is 8.24. The van der Waals surface area contributed by atoms with Gasteiger partial charge >= 0.3 is 0 Å². The molecule has 0 spiro atoms. The summed E-state index contributed by atoms with van der Waals surface area (Å²) in [5.74, 6) is 0.710. The Hall–Kier alpha value is -1.81. The Bertz CT molecular complexity index is 843. The van der Waals surface area contributed by atoms with E-state index in [0.29, 0.717) is 29.6 Å². The SMILES string of the molecule is O=C(C1CCN(c2cnccc2-n2cc(Cl)cn2)CC1)N1CCS(O)(O)CC1. The van der Waals surface area contributed by atoms with E-state index in [2.05, 4.69) is 15.0 Å². The molecule has 2 aliphatic rings. The third-order valence-corrected chi connectivity index (χ3v) is 7.32. The number of aromatic nitrogens is 3. The van der Waals surface area contributed by atoms with Gasteiger partial charge in [0.25, 0.3) is 0 Å². The average Bonchev–Trinajstić information content (AvgIpc) is 3.14. The van der Waals surface area contributed by atoms with Crippen LogP contribution in [0.15, 0.2) is 30.9 Å². The molecule has 4 rings (SSSR count). The predicted molar refractivity (Wildman–Crippen MR) is 110 cm³/mol. The zero-order chi connectivity index (χ0) is 19.7. The monoisotopic (exact) mass is 425 g/mol. The van der Waals surface area contributed by atoms with Crippen LogP contribution in [0.2, 0.25) is 5.02 Å². The van der Waals surface area contributed by atoms with Crippen LogP contribution in [-0.2, 0) is 4.79 Å². The molecule has 2 aromatic rings. The maximum Gasteiger partial charge on any atom is 0.225 e. The average molecular weight is 426 g/mol. The fourth-order valence-corrected chi connectivity index (χ4v) is 5.19. The van der Waals surface area contributed by atoms with Gasteiger partial charge < -0.3 is 9.80 Å². The number of rotatable bonds is 3. The maximum atomic E-state index is 12.8. The zero-order valence-electron chi connectivity index (χ0n) is 15.4. The van der Waals surface area contributed by atoms with Crippen molar-refractivity contribution in [2.75, 3.05) is 42.6 Å². The summed E-state index contributed by atoms with van der Waals surface area (Å²) in [6.45, 7) is 2.39. The minimum absolute atomic E-state index is 0.0181. The number of hydrogen-bond donors (Lipinski definition) is 2. The lowest BCUT2D eigenvalue weighted by Crippen LogP contribution is -2.47. The summed E-state index contributed by atoms with van der Waals surface area (Å²) in [4.78, 5) is 21.1.